The van der Waals surface area contributed by atoms with Gasteiger partial charge in [0.2, 0.25) is 5.91 Å². The maximum Gasteiger partial charge on any atom is 0.238 e. The fourth-order valence-electron chi connectivity index (χ4n) is 5.22. The minimum atomic E-state index is -0.647. The van der Waals surface area contributed by atoms with Crippen LogP contribution in [0.3, 0.4) is 0 Å². The smallest absolute Gasteiger partial charge is 0.238 e. The van der Waals surface area contributed by atoms with E-state index in [0.29, 0.717) is 13.0 Å². The van der Waals surface area contributed by atoms with Crippen molar-refractivity contribution in [2.45, 2.75) is 43.7 Å². The van der Waals surface area contributed by atoms with Gasteiger partial charge >= 0.3 is 0 Å². The summed E-state index contributed by atoms with van der Waals surface area (Å²) in [5.41, 5.74) is 1.23. The lowest BCUT2D eigenvalue weighted by atomic mass is 9.66. The first kappa shape index (κ1) is 21.7. The molecule has 2 aromatic carbocycles. The van der Waals surface area contributed by atoms with Crippen LogP contribution in [0.15, 0.2) is 48.5 Å². The molecule has 6 heteroatoms. The van der Waals surface area contributed by atoms with Crippen LogP contribution >= 0.6 is 0 Å². The number of rotatable bonds is 6. The van der Waals surface area contributed by atoms with Crippen molar-refractivity contribution in [3.63, 3.8) is 0 Å². The molecule has 166 valence electrons. The highest BCUT2D eigenvalue weighted by atomic mass is 16.5. The van der Waals surface area contributed by atoms with Gasteiger partial charge in [0.05, 0.1) is 26.4 Å². The van der Waals surface area contributed by atoms with Crippen molar-refractivity contribution in [1.82, 2.24) is 4.90 Å². The number of fused-ring (bicyclic) bond motifs is 1. The standard InChI is InChI=1S/C25H32N2O4/c1-30-20-10-6-18(7-11-20)24-22-5-3-4-14-25(22,29)15-16-27(24)17-23(28)26-19-8-12-21(31-2)13-9-19/h6-13,22,24,29H,3-5,14-17H2,1-2H3,(H,26,28)/t22-,24-,25+/m0/s1. The summed E-state index contributed by atoms with van der Waals surface area (Å²) in [4.78, 5) is 15.1. The van der Waals surface area contributed by atoms with E-state index in [1.165, 1.54) is 0 Å². The first-order chi connectivity index (χ1) is 15.0. The first-order valence-electron chi connectivity index (χ1n) is 11.1. The second kappa shape index (κ2) is 9.28. The van der Waals surface area contributed by atoms with Crippen LogP contribution in [0, 0.1) is 5.92 Å². The number of benzene rings is 2. The fourth-order valence-corrected chi connectivity index (χ4v) is 5.22. The van der Waals surface area contributed by atoms with Gasteiger partial charge in [0, 0.05) is 24.2 Å². The van der Waals surface area contributed by atoms with Crippen molar-refractivity contribution < 1.29 is 19.4 Å². The Morgan fingerprint density at radius 3 is 2.32 bits per heavy atom. The Labute approximate surface area is 184 Å². The van der Waals surface area contributed by atoms with Crippen LogP contribution in [-0.4, -0.2) is 48.8 Å². The van der Waals surface area contributed by atoms with Crippen molar-refractivity contribution in [2.24, 2.45) is 5.92 Å². The zero-order valence-electron chi connectivity index (χ0n) is 18.3. The fraction of sp³-hybridized carbons (Fsp3) is 0.480. The number of hydrogen-bond acceptors (Lipinski definition) is 5. The maximum absolute atomic E-state index is 12.9. The van der Waals surface area contributed by atoms with Crippen molar-refractivity contribution in [1.29, 1.82) is 0 Å². The summed E-state index contributed by atoms with van der Waals surface area (Å²) >= 11 is 0. The van der Waals surface area contributed by atoms with Gasteiger partial charge in [0.1, 0.15) is 11.5 Å². The number of carbonyl (C=O) groups is 1. The summed E-state index contributed by atoms with van der Waals surface area (Å²) in [6.45, 7) is 0.981. The Hall–Kier alpha value is -2.57. The molecule has 6 nitrogen and oxygen atoms in total. The molecule has 1 amide bonds. The lowest BCUT2D eigenvalue weighted by Gasteiger charge is -2.52. The Morgan fingerprint density at radius 1 is 1.03 bits per heavy atom. The highest BCUT2D eigenvalue weighted by molar-refractivity contribution is 5.92. The van der Waals surface area contributed by atoms with E-state index in [2.05, 4.69) is 22.3 Å². The SMILES string of the molecule is COc1ccc(NC(=O)CN2CC[C@]3(O)CCCC[C@H]3[C@@H]2c2ccc(OC)cc2)cc1. The zero-order valence-corrected chi connectivity index (χ0v) is 18.3. The third-order valence-corrected chi connectivity index (χ3v) is 6.85. The third-order valence-electron chi connectivity index (χ3n) is 6.85. The van der Waals surface area contributed by atoms with Gasteiger partial charge in [-0.05, 0) is 61.2 Å². The van der Waals surface area contributed by atoms with E-state index in [4.69, 9.17) is 9.47 Å². The van der Waals surface area contributed by atoms with Crippen molar-refractivity contribution in [2.75, 3.05) is 32.6 Å². The number of anilines is 1. The summed E-state index contributed by atoms with van der Waals surface area (Å²) < 4.78 is 10.5. The minimum Gasteiger partial charge on any atom is -0.497 e. The normalized spacial score (nSPS) is 26.0. The number of piperidine rings is 1. The molecule has 0 radical (unpaired) electrons. The van der Waals surface area contributed by atoms with Gasteiger partial charge in [-0.2, -0.15) is 0 Å². The number of amides is 1. The van der Waals surface area contributed by atoms with Crippen LogP contribution in [0.25, 0.3) is 0 Å². The molecule has 0 bridgehead atoms. The largest absolute Gasteiger partial charge is 0.497 e. The molecule has 2 aliphatic rings. The molecule has 1 heterocycles. The van der Waals surface area contributed by atoms with Crippen molar-refractivity contribution in [3.05, 3.63) is 54.1 Å². The van der Waals surface area contributed by atoms with Crippen molar-refractivity contribution in [3.8, 4) is 11.5 Å². The molecule has 1 saturated carbocycles. The van der Waals surface area contributed by atoms with Crippen molar-refractivity contribution >= 4 is 11.6 Å². The molecule has 2 fully saturated rings. The van der Waals surface area contributed by atoms with E-state index < -0.39 is 5.60 Å². The number of carbonyl (C=O) groups excluding carboxylic acids is 1. The summed E-state index contributed by atoms with van der Waals surface area (Å²) in [7, 11) is 3.28. The summed E-state index contributed by atoms with van der Waals surface area (Å²) in [5, 5.41) is 14.4. The van der Waals surface area contributed by atoms with E-state index in [9.17, 15) is 9.90 Å². The lowest BCUT2D eigenvalue weighted by molar-refractivity contribution is -0.135. The van der Waals surface area contributed by atoms with E-state index in [1.54, 1.807) is 14.2 Å². The topological polar surface area (TPSA) is 71.0 Å². The first-order valence-corrected chi connectivity index (χ1v) is 11.1. The molecular formula is C25H32N2O4. The molecule has 1 aliphatic carbocycles. The van der Waals surface area contributed by atoms with E-state index in [1.807, 2.05) is 36.4 Å². The summed E-state index contributed by atoms with van der Waals surface area (Å²) in [6, 6.07) is 15.4. The van der Waals surface area contributed by atoms with Gasteiger partial charge < -0.3 is 19.9 Å². The van der Waals surface area contributed by atoms with Crippen LogP contribution < -0.4 is 14.8 Å². The van der Waals surface area contributed by atoms with Gasteiger partial charge in [-0.1, -0.05) is 25.0 Å². The predicted molar refractivity (Wildman–Crippen MR) is 120 cm³/mol. The Morgan fingerprint density at radius 2 is 1.68 bits per heavy atom. The number of ether oxygens (including phenoxy) is 2. The quantitative estimate of drug-likeness (QED) is 0.733. The number of hydrogen-bond donors (Lipinski definition) is 2. The molecule has 1 aliphatic heterocycles. The van der Waals surface area contributed by atoms with Crippen LogP contribution in [0.5, 0.6) is 11.5 Å². The summed E-state index contributed by atoms with van der Waals surface area (Å²) in [5.74, 6) is 1.63. The van der Waals surface area contributed by atoms with E-state index in [-0.39, 0.29) is 24.4 Å². The average Bonchev–Trinajstić information content (AvgIpc) is 2.79. The second-order valence-corrected chi connectivity index (χ2v) is 8.67. The van der Waals surface area contributed by atoms with E-state index in [0.717, 1.165) is 48.4 Å². The highest BCUT2D eigenvalue weighted by Crippen LogP contribution is 2.49. The van der Waals surface area contributed by atoms with Crippen LogP contribution in [0.2, 0.25) is 0 Å². The molecule has 3 atom stereocenters. The predicted octanol–water partition coefficient (Wildman–Crippen LogP) is 4.01. The van der Waals surface area contributed by atoms with Gasteiger partial charge in [0.25, 0.3) is 0 Å². The Kier molecular flexibility index (Phi) is 6.49. The molecule has 2 aromatic rings. The molecule has 0 aromatic heterocycles. The molecule has 31 heavy (non-hydrogen) atoms. The molecule has 4 rings (SSSR count). The third kappa shape index (κ3) is 4.70. The Bertz CT molecular complexity index is 883. The van der Waals surface area contributed by atoms with Gasteiger partial charge in [0.15, 0.2) is 0 Å². The highest BCUT2D eigenvalue weighted by Gasteiger charge is 2.49. The van der Waals surface area contributed by atoms with Crippen LogP contribution in [-0.2, 0) is 4.79 Å². The number of methoxy groups -OCH3 is 2. The average molecular weight is 425 g/mol. The van der Waals surface area contributed by atoms with Crippen LogP contribution in [0.1, 0.15) is 43.7 Å². The molecule has 0 spiro atoms. The van der Waals surface area contributed by atoms with Gasteiger partial charge in [-0.15, -0.1) is 0 Å². The number of nitrogens with one attached hydrogen (secondary N) is 1. The summed E-state index contributed by atoms with van der Waals surface area (Å²) in [6.07, 6.45) is 4.71. The molecular weight excluding hydrogens is 392 g/mol. The monoisotopic (exact) mass is 424 g/mol. The number of aliphatic hydroxyl groups is 1. The number of likely N-dealkylation sites (tertiary alicyclic amines) is 1. The number of nitrogens with zero attached hydrogens (tertiary/aromatic N) is 1. The molecule has 0 unspecified atom stereocenters. The maximum atomic E-state index is 12.9. The van der Waals surface area contributed by atoms with Crippen LogP contribution in [0.4, 0.5) is 5.69 Å². The lowest BCUT2D eigenvalue weighted by Crippen LogP contribution is -2.56. The molecule has 1 saturated heterocycles. The zero-order chi connectivity index (χ0) is 21.8. The Balaban J connectivity index is 1.54. The van der Waals surface area contributed by atoms with Gasteiger partial charge in [-0.25, -0.2) is 0 Å². The van der Waals surface area contributed by atoms with E-state index >= 15 is 0 Å². The minimum absolute atomic E-state index is 0.00609. The second-order valence-electron chi connectivity index (χ2n) is 8.67. The van der Waals surface area contributed by atoms with Gasteiger partial charge in [-0.3, -0.25) is 9.69 Å². The molecule has 2 N–H and O–H groups in total.